The van der Waals surface area contributed by atoms with E-state index in [0.29, 0.717) is 23.0 Å². The van der Waals surface area contributed by atoms with Crippen molar-refractivity contribution in [3.63, 3.8) is 0 Å². The van der Waals surface area contributed by atoms with Gasteiger partial charge in [0.1, 0.15) is 17.0 Å². The average Bonchev–Trinajstić information content (AvgIpc) is 3.43. The van der Waals surface area contributed by atoms with Crippen molar-refractivity contribution < 1.29 is 8.81 Å². The maximum absolute atomic E-state index is 13.7. The third-order valence-corrected chi connectivity index (χ3v) is 7.59. The number of fused-ring (bicyclic) bond motifs is 5. The first-order chi connectivity index (χ1) is 20.7. The van der Waals surface area contributed by atoms with Gasteiger partial charge in [-0.2, -0.15) is 0 Å². The molecule has 5 heteroatoms. The van der Waals surface area contributed by atoms with Crippen LogP contribution in [-0.4, -0.2) is 15.0 Å². The van der Waals surface area contributed by atoms with Crippen LogP contribution in [0.5, 0.6) is 0 Å². The fourth-order valence-electron chi connectivity index (χ4n) is 5.54. The molecule has 42 heavy (non-hydrogen) atoms. The van der Waals surface area contributed by atoms with Gasteiger partial charge in [0.05, 0.1) is 0 Å². The summed E-state index contributed by atoms with van der Waals surface area (Å²) in [6, 6.07) is 43.0. The highest BCUT2D eigenvalue weighted by molar-refractivity contribution is 6.19. The summed E-state index contributed by atoms with van der Waals surface area (Å²) in [5, 5.41) is 4.22. The molecule has 0 radical (unpaired) electrons. The first-order valence-corrected chi connectivity index (χ1v) is 13.7. The van der Waals surface area contributed by atoms with Crippen LogP contribution in [0.1, 0.15) is 0 Å². The molecule has 0 aliphatic heterocycles. The van der Waals surface area contributed by atoms with E-state index in [4.69, 9.17) is 19.4 Å². The minimum absolute atomic E-state index is 0.309. The van der Waals surface area contributed by atoms with E-state index >= 15 is 0 Å². The van der Waals surface area contributed by atoms with Gasteiger partial charge in [0.15, 0.2) is 17.5 Å². The number of benzene rings is 6. The number of nitrogens with zero attached hydrogens (tertiary/aromatic N) is 3. The quantitative estimate of drug-likeness (QED) is 0.222. The number of hydrogen-bond acceptors (Lipinski definition) is 4. The summed E-state index contributed by atoms with van der Waals surface area (Å²) in [6.45, 7) is 0. The molecule has 0 saturated heterocycles. The Morgan fingerprint density at radius 1 is 0.429 bits per heavy atom. The van der Waals surface area contributed by atoms with Crippen LogP contribution in [0.4, 0.5) is 4.39 Å². The molecule has 4 nitrogen and oxygen atoms in total. The lowest BCUT2D eigenvalue weighted by molar-refractivity contribution is 0.628. The van der Waals surface area contributed by atoms with Gasteiger partial charge in [0.25, 0.3) is 0 Å². The second-order valence-corrected chi connectivity index (χ2v) is 10.2. The van der Waals surface area contributed by atoms with Gasteiger partial charge in [-0.25, -0.2) is 19.3 Å². The lowest BCUT2D eigenvalue weighted by Crippen LogP contribution is -2.00. The Morgan fingerprint density at radius 2 is 0.976 bits per heavy atom. The molecular formula is C37H22FN3O. The lowest BCUT2D eigenvalue weighted by Gasteiger charge is -2.09. The van der Waals surface area contributed by atoms with Crippen LogP contribution < -0.4 is 0 Å². The first-order valence-electron chi connectivity index (χ1n) is 13.7. The molecule has 0 atom stereocenters. The Bertz CT molecular complexity index is 2240. The molecule has 2 aromatic heterocycles. The van der Waals surface area contributed by atoms with E-state index in [-0.39, 0.29) is 5.82 Å². The Morgan fingerprint density at radius 3 is 1.67 bits per heavy atom. The first kappa shape index (κ1) is 24.1. The Kier molecular flexibility index (Phi) is 5.61. The molecule has 0 aliphatic rings. The van der Waals surface area contributed by atoms with E-state index < -0.39 is 0 Å². The van der Waals surface area contributed by atoms with Gasteiger partial charge in [-0.15, -0.1) is 0 Å². The highest BCUT2D eigenvalue weighted by atomic mass is 19.1. The zero-order valence-corrected chi connectivity index (χ0v) is 22.3. The summed E-state index contributed by atoms with van der Waals surface area (Å²) in [5.74, 6) is 1.25. The van der Waals surface area contributed by atoms with Gasteiger partial charge >= 0.3 is 0 Å². The highest BCUT2D eigenvalue weighted by Gasteiger charge is 2.17. The number of hydrogen-bond donors (Lipinski definition) is 0. The predicted molar refractivity (Wildman–Crippen MR) is 166 cm³/mol. The molecule has 8 rings (SSSR count). The molecule has 6 aromatic carbocycles. The lowest BCUT2D eigenvalue weighted by atomic mass is 9.95. The molecule has 0 aliphatic carbocycles. The minimum Gasteiger partial charge on any atom is -0.455 e. The standard InChI is InChI=1S/C37H22FN3O/c38-27-18-15-25(16-19-27)36-39-35(24-11-5-2-6-12-24)40-37(41-36)26-17-20-33-31(21-26)32-22-30(23-9-3-1-4-10-23)28-13-7-8-14-29(28)34(32)42-33/h1-22H. The second kappa shape index (κ2) is 9.75. The number of aromatic nitrogens is 3. The van der Waals surface area contributed by atoms with Crippen molar-refractivity contribution >= 4 is 32.7 Å². The van der Waals surface area contributed by atoms with Crippen molar-refractivity contribution in [3.8, 4) is 45.3 Å². The van der Waals surface area contributed by atoms with E-state index in [1.807, 2.05) is 54.6 Å². The van der Waals surface area contributed by atoms with Crippen LogP contribution in [0, 0.1) is 5.82 Å². The van der Waals surface area contributed by atoms with E-state index in [1.165, 1.54) is 12.1 Å². The smallest absolute Gasteiger partial charge is 0.164 e. The highest BCUT2D eigenvalue weighted by Crippen LogP contribution is 2.40. The maximum atomic E-state index is 13.7. The number of halogens is 1. The van der Waals surface area contributed by atoms with E-state index in [1.54, 1.807) is 12.1 Å². The van der Waals surface area contributed by atoms with Crippen molar-refractivity contribution in [3.05, 3.63) is 139 Å². The Hall–Kier alpha value is -5.68. The SMILES string of the molecule is Fc1ccc(-c2nc(-c3ccccc3)nc(-c3ccc4oc5c6ccccc6c(-c6ccccc6)cc5c4c3)n2)cc1. The molecule has 0 N–H and O–H groups in total. The molecule has 0 amide bonds. The molecule has 0 unspecified atom stereocenters. The normalized spacial score (nSPS) is 11.5. The molecular weight excluding hydrogens is 521 g/mol. The topological polar surface area (TPSA) is 51.8 Å². The molecule has 8 aromatic rings. The molecule has 0 saturated carbocycles. The monoisotopic (exact) mass is 543 g/mol. The zero-order chi connectivity index (χ0) is 28.0. The van der Waals surface area contributed by atoms with Gasteiger partial charge in [-0.3, -0.25) is 0 Å². The summed E-state index contributed by atoms with van der Waals surface area (Å²) in [7, 11) is 0. The fraction of sp³-hybridized carbons (Fsp3) is 0. The zero-order valence-electron chi connectivity index (χ0n) is 22.3. The van der Waals surface area contributed by atoms with Gasteiger partial charge in [-0.05, 0) is 65.0 Å². The number of rotatable bonds is 4. The van der Waals surface area contributed by atoms with Crippen molar-refractivity contribution in [2.75, 3.05) is 0 Å². The van der Waals surface area contributed by atoms with Gasteiger partial charge in [0.2, 0.25) is 0 Å². The maximum Gasteiger partial charge on any atom is 0.164 e. The van der Waals surface area contributed by atoms with Crippen LogP contribution in [0.15, 0.2) is 138 Å². The van der Waals surface area contributed by atoms with Crippen LogP contribution >= 0.6 is 0 Å². The largest absolute Gasteiger partial charge is 0.455 e. The van der Waals surface area contributed by atoms with E-state index in [0.717, 1.165) is 55.0 Å². The third kappa shape index (κ3) is 4.11. The fourth-order valence-corrected chi connectivity index (χ4v) is 5.54. The summed E-state index contributed by atoms with van der Waals surface area (Å²) >= 11 is 0. The van der Waals surface area contributed by atoms with Gasteiger partial charge in [-0.1, -0.05) is 84.9 Å². The third-order valence-electron chi connectivity index (χ3n) is 7.59. The van der Waals surface area contributed by atoms with Crippen LogP contribution in [0.3, 0.4) is 0 Å². The summed E-state index contributed by atoms with van der Waals surface area (Å²) in [5.41, 5.74) is 6.36. The van der Waals surface area contributed by atoms with Crippen molar-refractivity contribution in [2.45, 2.75) is 0 Å². The van der Waals surface area contributed by atoms with Gasteiger partial charge < -0.3 is 4.42 Å². The van der Waals surface area contributed by atoms with Crippen LogP contribution in [-0.2, 0) is 0 Å². The van der Waals surface area contributed by atoms with Gasteiger partial charge in [0, 0.05) is 32.8 Å². The van der Waals surface area contributed by atoms with Crippen molar-refractivity contribution in [1.29, 1.82) is 0 Å². The van der Waals surface area contributed by atoms with E-state index in [2.05, 4.69) is 54.6 Å². The molecule has 198 valence electrons. The molecule has 0 bridgehead atoms. The number of furan rings is 1. The summed E-state index contributed by atoms with van der Waals surface area (Å²) in [4.78, 5) is 14.5. The molecule has 0 fully saturated rings. The van der Waals surface area contributed by atoms with Crippen LogP contribution in [0.2, 0.25) is 0 Å². The molecule has 2 heterocycles. The van der Waals surface area contributed by atoms with Crippen molar-refractivity contribution in [1.82, 2.24) is 15.0 Å². The summed E-state index contributed by atoms with van der Waals surface area (Å²) in [6.07, 6.45) is 0. The second-order valence-electron chi connectivity index (χ2n) is 10.2. The predicted octanol–water partition coefficient (Wildman–Crippen LogP) is 9.73. The Labute approximate surface area is 240 Å². The average molecular weight is 544 g/mol. The van der Waals surface area contributed by atoms with Crippen molar-refractivity contribution in [2.24, 2.45) is 0 Å². The minimum atomic E-state index is -0.309. The summed E-state index contributed by atoms with van der Waals surface area (Å²) < 4.78 is 20.2. The Balaban J connectivity index is 1.36. The van der Waals surface area contributed by atoms with Crippen LogP contribution in [0.25, 0.3) is 78.0 Å². The van der Waals surface area contributed by atoms with E-state index in [9.17, 15) is 4.39 Å². The molecule has 0 spiro atoms.